The zero-order valence-corrected chi connectivity index (χ0v) is 18.8. The summed E-state index contributed by atoms with van der Waals surface area (Å²) in [4.78, 5) is 38.6. The molecule has 0 spiro atoms. The van der Waals surface area contributed by atoms with Gasteiger partial charge in [-0.3, -0.25) is 24.2 Å². The molecule has 1 fully saturated rings. The van der Waals surface area contributed by atoms with Gasteiger partial charge in [0.05, 0.1) is 22.3 Å². The van der Waals surface area contributed by atoms with Crippen molar-refractivity contribution in [3.8, 4) is 0 Å². The molecule has 0 aliphatic carbocycles. The van der Waals surface area contributed by atoms with Gasteiger partial charge in [-0.2, -0.15) is 5.10 Å². The average Bonchev–Trinajstić information content (AvgIpc) is 3.47. The first-order valence-corrected chi connectivity index (χ1v) is 11.1. The molecular formula is C22H19Cl2N7O2. The van der Waals surface area contributed by atoms with Crippen LogP contribution in [0.15, 0.2) is 53.7 Å². The maximum Gasteiger partial charge on any atom is 0.278 e. The van der Waals surface area contributed by atoms with Gasteiger partial charge in [0.1, 0.15) is 5.52 Å². The van der Waals surface area contributed by atoms with Crippen LogP contribution in [0.5, 0.6) is 0 Å². The molecule has 1 aliphatic heterocycles. The molecule has 9 nitrogen and oxygen atoms in total. The van der Waals surface area contributed by atoms with E-state index in [2.05, 4.69) is 25.4 Å². The quantitative estimate of drug-likeness (QED) is 0.449. The zero-order chi connectivity index (χ0) is 22.9. The molecule has 1 aliphatic rings. The lowest BCUT2D eigenvalue weighted by atomic mass is 10.2. The minimum atomic E-state index is -0.298. The van der Waals surface area contributed by atoms with Crippen LogP contribution in [0.25, 0.3) is 11.0 Å². The summed E-state index contributed by atoms with van der Waals surface area (Å²) in [5.41, 5.74) is 2.06. The maximum absolute atomic E-state index is 12.9. The predicted molar refractivity (Wildman–Crippen MR) is 126 cm³/mol. The minimum absolute atomic E-state index is 0.0582. The van der Waals surface area contributed by atoms with E-state index in [1.54, 1.807) is 52.4 Å². The Hall–Kier alpha value is -3.43. The molecule has 1 unspecified atom stereocenters. The summed E-state index contributed by atoms with van der Waals surface area (Å²) in [6.45, 7) is 1.46. The van der Waals surface area contributed by atoms with Crippen LogP contribution in [0.1, 0.15) is 28.4 Å². The van der Waals surface area contributed by atoms with Crippen molar-refractivity contribution < 1.29 is 4.79 Å². The van der Waals surface area contributed by atoms with Crippen molar-refractivity contribution in [3.63, 3.8) is 0 Å². The number of likely N-dealkylation sites (tertiary alicyclic amines) is 1. The lowest BCUT2D eigenvalue weighted by molar-refractivity contribution is 0.0787. The molecule has 4 heterocycles. The van der Waals surface area contributed by atoms with Crippen molar-refractivity contribution in [3.05, 3.63) is 80.4 Å². The highest BCUT2D eigenvalue weighted by Gasteiger charge is 2.30. The van der Waals surface area contributed by atoms with Crippen molar-refractivity contribution in [1.29, 1.82) is 0 Å². The van der Waals surface area contributed by atoms with E-state index in [0.29, 0.717) is 58.6 Å². The van der Waals surface area contributed by atoms with Crippen LogP contribution in [0.3, 0.4) is 0 Å². The number of rotatable bonds is 5. The maximum atomic E-state index is 12.9. The molecule has 3 aromatic heterocycles. The largest absolute Gasteiger partial charge is 0.352 e. The van der Waals surface area contributed by atoms with E-state index in [-0.39, 0.29) is 17.5 Å². The molecule has 1 saturated heterocycles. The van der Waals surface area contributed by atoms with E-state index in [4.69, 9.17) is 23.2 Å². The highest BCUT2D eigenvalue weighted by molar-refractivity contribution is 6.42. The monoisotopic (exact) mass is 483 g/mol. The van der Waals surface area contributed by atoms with Gasteiger partial charge in [0.15, 0.2) is 5.52 Å². The first-order chi connectivity index (χ1) is 16.0. The van der Waals surface area contributed by atoms with Crippen molar-refractivity contribution in [2.45, 2.75) is 19.0 Å². The number of carbonyl (C=O) groups excluding carboxylic acids is 1. The van der Waals surface area contributed by atoms with Gasteiger partial charge >= 0.3 is 0 Å². The number of aromatic amines is 1. The van der Waals surface area contributed by atoms with Crippen LogP contribution in [-0.2, 0) is 6.54 Å². The standard InChI is InChI=1S/C22H19Cl2N7O2/c23-16-2-1-13(9-17(16)24)10-26-22-28-18-11-27-31(19(18)20(32)29-22)15-5-8-30(12-15)21(33)14-3-6-25-7-4-14/h1-4,6-7,9,11,15H,5,8,10,12H2,(H2,26,28,29,32). The molecule has 1 amide bonds. The van der Waals surface area contributed by atoms with E-state index >= 15 is 0 Å². The Morgan fingerprint density at radius 3 is 2.79 bits per heavy atom. The van der Waals surface area contributed by atoms with Crippen molar-refractivity contribution in [2.75, 3.05) is 18.4 Å². The first-order valence-electron chi connectivity index (χ1n) is 10.3. The molecule has 1 atom stereocenters. The number of nitrogens with one attached hydrogen (secondary N) is 2. The second-order valence-electron chi connectivity index (χ2n) is 7.77. The van der Waals surface area contributed by atoms with Gasteiger partial charge in [-0.15, -0.1) is 0 Å². The SMILES string of the molecule is O=C(c1ccncc1)N1CCC(n2ncc3nc(NCc4ccc(Cl)c(Cl)c4)[nH]c(=O)c32)C1. The highest BCUT2D eigenvalue weighted by Crippen LogP contribution is 2.26. The number of amides is 1. The molecule has 0 bridgehead atoms. The van der Waals surface area contributed by atoms with E-state index in [1.165, 1.54) is 0 Å². The van der Waals surface area contributed by atoms with E-state index in [0.717, 1.165) is 5.56 Å². The fourth-order valence-corrected chi connectivity index (χ4v) is 4.29. The van der Waals surface area contributed by atoms with Crippen LogP contribution >= 0.6 is 23.2 Å². The molecule has 0 saturated carbocycles. The third-order valence-electron chi connectivity index (χ3n) is 5.62. The van der Waals surface area contributed by atoms with Gasteiger partial charge in [0, 0.05) is 37.6 Å². The van der Waals surface area contributed by atoms with Crippen LogP contribution in [-0.4, -0.2) is 48.6 Å². The number of H-pyrrole nitrogens is 1. The second-order valence-corrected chi connectivity index (χ2v) is 8.58. The summed E-state index contributed by atoms with van der Waals surface area (Å²) in [6.07, 6.45) is 5.47. The van der Waals surface area contributed by atoms with Gasteiger partial charge < -0.3 is 10.2 Å². The third-order valence-corrected chi connectivity index (χ3v) is 6.36. The second kappa shape index (κ2) is 8.84. The molecule has 11 heteroatoms. The molecule has 1 aromatic carbocycles. The Morgan fingerprint density at radius 2 is 2.00 bits per heavy atom. The van der Waals surface area contributed by atoms with Gasteiger partial charge in [-0.1, -0.05) is 29.3 Å². The van der Waals surface area contributed by atoms with Crippen molar-refractivity contribution in [2.24, 2.45) is 0 Å². The smallest absolute Gasteiger partial charge is 0.278 e. The number of nitrogens with zero attached hydrogens (tertiary/aromatic N) is 5. The number of pyridine rings is 1. The first kappa shape index (κ1) is 21.4. The fraction of sp³-hybridized carbons (Fsp3) is 0.227. The van der Waals surface area contributed by atoms with Crippen LogP contribution < -0.4 is 10.9 Å². The summed E-state index contributed by atoms with van der Waals surface area (Å²) < 4.78 is 1.67. The number of hydrogen-bond donors (Lipinski definition) is 2. The molecule has 33 heavy (non-hydrogen) atoms. The Morgan fingerprint density at radius 1 is 1.18 bits per heavy atom. The van der Waals surface area contributed by atoms with Crippen LogP contribution in [0.4, 0.5) is 5.95 Å². The summed E-state index contributed by atoms with van der Waals surface area (Å²) in [7, 11) is 0. The van der Waals surface area contributed by atoms with Crippen LogP contribution in [0, 0.1) is 0 Å². The summed E-state index contributed by atoms with van der Waals surface area (Å²) in [6, 6.07) is 8.60. The Balaban J connectivity index is 1.33. The summed E-state index contributed by atoms with van der Waals surface area (Å²) in [5, 5.41) is 8.45. The normalized spacial score (nSPS) is 15.8. The third kappa shape index (κ3) is 4.29. The van der Waals surface area contributed by atoms with Gasteiger partial charge in [0.2, 0.25) is 5.95 Å². The van der Waals surface area contributed by atoms with Gasteiger partial charge in [-0.25, -0.2) is 4.98 Å². The minimum Gasteiger partial charge on any atom is -0.352 e. The zero-order valence-electron chi connectivity index (χ0n) is 17.3. The van der Waals surface area contributed by atoms with Gasteiger partial charge in [-0.05, 0) is 36.2 Å². The number of carbonyl (C=O) groups is 1. The predicted octanol–water partition coefficient (Wildman–Crippen LogP) is 3.52. The Bertz CT molecular complexity index is 1390. The topological polar surface area (TPSA) is 109 Å². The molecular weight excluding hydrogens is 465 g/mol. The number of halogens is 2. The lowest BCUT2D eigenvalue weighted by Gasteiger charge is -2.17. The Labute approximate surface area is 198 Å². The molecule has 0 radical (unpaired) electrons. The number of benzene rings is 1. The number of fused-ring (bicyclic) bond motifs is 1. The average molecular weight is 484 g/mol. The van der Waals surface area contributed by atoms with Gasteiger partial charge in [0.25, 0.3) is 11.5 Å². The van der Waals surface area contributed by atoms with E-state index in [1.807, 2.05) is 6.07 Å². The number of aromatic nitrogens is 5. The summed E-state index contributed by atoms with van der Waals surface area (Å²) in [5.74, 6) is 0.274. The van der Waals surface area contributed by atoms with Crippen molar-refractivity contribution in [1.82, 2.24) is 29.6 Å². The molecule has 168 valence electrons. The van der Waals surface area contributed by atoms with Crippen molar-refractivity contribution >= 4 is 46.1 Å². The number of anilines is 1. The van der Waals surface area contributed by atoms with E-state index < -0.39 is 0 Å². The molecule has 2 N–H and O–H groups in total. The fourth-order valence-electron chi connectivity index (χ4n) is 3.97. The Kier molecular flexibility index (Phi) is 5.74. The number of hydrogen-bond acceptors (Lipinski definition) is 6. The molecule has 4 aromatic rings. The van der Waals surface area contributed by atoms with Crippen LogP contribution in [0.2, 0.25) is 10.0 Å². The van der Waals surface area contributed by atoms with E-state index in [9.17, 15) is 9.59 Å². The summed E-state index contributed by atoms with van der Waals surface area (Å²) >= 11 is 12.0. The lowest BCUT2D eigenvalue weighted by Crippen LogP contribution is -2.29. The highest BCUT2D eigenvalue weighted by atomic mass is 35.5. The molecule has 5 rings (SSSR count).